The topological polar surface area (TPSA) is 53.2 Å². The second-order valence-corrected chi connectivity index (χ2v) is 5.53. The van der Waals surface area contributed by atoms with Crippen LogP contribution in [-0.4, -0.2) is 24.2 Å². The van der Waals surface area contributed by atoms with Gasteiger partial charge in [0.15, 0.2) is 0 Å². The Morgan fingerprint density at radius 3 is 2.55 bits per heavy atom. The van der Waals surface area contributed by atoms with Crippen LogP contribution >= 0.6 is 0 Å². The van der Waals surface area contributed by atoms with E-state index in [0.717, 1.165) is 37.8 Å². The number of carbonyl (C=O) groups is 1. The minimum atomic E-state index is -0.773. The van der Waals surface area contributed by atoms with Gasteiger partial charge in [-0.05, 0) is 37.8 Å². The molecule has 1 aromatic carbocycles. The van der Waals surface area contributed by atoms with Crippen LogP contribution < -0.4 is 16.0 Å². The second-order valence-electron chi connectivity index (χ2n) is 5.53. The number of piperidine rings is 1. The van der Waals surface area contributed by atoms with Crippen molar-refractivity contribution in [2.75, 3.05) is 5.32 Å². The highest BCUT2D eigenvalue weighted by molar-refractivity contribution is 5.89. The number of fused-ring (bicyclic) bond motifs is 2. The molecule has 2 heterocycles. The number of urea groups is 1. The Balaban J connectivity index is 1.57. The van der Waals surface area contributed by atoms with Gasteiger partial charge in [0, 0.05) is 24.2 Å². The Kier molecular flexibility index (Phi) is 3.56. The quantitative estimate of drug-likeness (QED) is 0.779. The molecule has 1 aromatic rings. The molecule has 0 radical (unpaired) electrons. The van der Waals surface area contributed by atoms with Crippen LogP contribution in [-0.2, 0) is 0 Å². The summed E-state index contributed by atoms with van der Waals surface area (Å²) >= 11 is 0. The summed E-state index contributed by atoms with van der Waals surface area (Å²) in [4.78, 5) is 11.8. The molecule has 108 valence electrons. The zero-order valence-corrected chi connectivity index (χ0v) is 11.0. The molecule has 6 heteroatoms. The van der Waals surface area contributed by atoms with E-state index >= 15 is 0 Å². The standard InChI is InChI=1S/C14H17F2N3O/c15-8-1-4-13(12(16)5-8)19-14(20)18-11-6-9-2-3-10(7-11)17-9/h1,4-5,9-11,17H,2-3,6-7H2,(H2,18,19,20). The molecule has 2 aliphatic rings. The summed E-state index contributed by atoms with van der Waals surface area (Å²) in [5, 5.41) is 8.77. The van der Waals surface area contributed by atoms with Gasteiger partial charge in [-0.3, -0.25) is 0 Å². The van der Waals surface area contributed by atoms with Gasteiger partial charge in [0.05, 0.1) is 5.69 Å². The fourth-order valence-electron chi connectivity index (χ4n) is 3.11. The van der Waals surface area contributed by atoms with Crippen molar-refractivity contribution < 1.29 is 13.6 Å². The van der Waals surface area contributed by atoms with Crippen molar-refractivity contribution in [1.82, 2.24) is 10.6 Å². The van der Waals surface area contributed by atoms with E-state index < -0.39 is 17.7 Å². The highest BCUT2D eigenvalue weighted by atomic mass is 19.1. The van der Waals surface area contributed by atoms with Gasteiger partial charge < -0.3 is 16.0 Å². The van der Waals surface area contributed by atoms with Gasteiger partial charge in [0.2, 0.25) is 0 Å². The summed E-state index contributed by atoms with van der Waals surface area (Å²) in [5.74, 6) is -1.44. The van der Waals surface area contributed by atoms with Crippen LogP contribution in [0.3, 0.4) is 0 Å². The summed E-state index contributed by atoms with van der Waals surface area (Å²) < 4.78 is 26.2. The predicted molar refractivity (Wildman–Crippen MR) is 71.5 cm³/mol. The van der Waals surface area contributed by atoms with Gasteiger partial charge in [-0.1, -0.05) is 0 Å². The normalized spacial score (nSPS) is 28.2. The number of anilines is 1. The van der Waals surface area contributed by atoms with Crippen molar-refractivity contribution in [3.05, 3.63) is 29.8 Å². The molecule has 3 rings (SSSR count). The molecule has 20 heavy (non-hydrogen) atoms. The summed E-state index contributed by atoms with van der Waals surface area (Å²) in [6.45, 7) is 0. The van der Waals surface area contributed by atoms with Crippen LogP contribution in [0, 0.1) is 11.6 Å². The molecule has 2 fully saturated rings. The lowest BCUT2D eigenvalue weighted by molar-refractivity contribution is 0.240. The summed E-state index contributed by atoms with van der Waals surface area (Å²) in [7, 11) is 0. The summed E-state index contributed by atoms with van der Waals surface area (Å²) in [6, 6.07) is 3.70. The number of nitrogens with one attached hydrogen (secondary N) is 3. The predicted octanol–water partition coefficient (Wildman–Crippen LogP) is 2.37. The maximum Gasteiger partial charge on any atom is 0.319 e. The molecule has 2 unspecified atom stereocenters. The number of hydrogen-bond donors (Lipinski definition) is 3. The lowest BCUT2D eigenvalue weighted by Crippen LogP contribution is -2.49. The maximum absolute atomic E-state index is 13.4. The highest BCUT2D eigenvalue weighted by Gasteiger charge is 2.33. The molecule has 2 saturated heterocycles. The number of rotatable bonds is 2. The number of carbonyl (C=O) groups excluding carboxylic acids is 1. The van der Waals surface area contributed by atoms with E-state index in [1.807, 2.05) is 0 Å². The molecule has 4 nitrogen and oxygen atoms in total. The van der Waals surface area contributed by atoms with Crippen LogP contribution in [0.15, 0.2) is 18.2 Å². The van der Waals surface area contributed by atoms with Crippen LogP contribution in [0.5, 0.6) is 0 Å². The third kappa shape index (κ3) is 2.90. The number of benzene rings is 1. The Hall–Kier alpha value is -1.69. The minimum absolute atomic E-state index is 0.0131. The first-order valence-electron chi connectivity index (χ1n) is 6.89. The fraction of sp³-hybridized carbons (Fsp3) is 0.500. The van der Waals surface area contributed by atoms with Gasteiger partial charge in [-0.15, -0.1) is 0 Å². The average Bonchev–Trinajstić information content (AvgIpc) is 2.72. The van der Waals surface area contributed by atoms with Crippen molar-refractivity contribution >= 4 is 11.7 Å². The molecular weight excluding hydrogens is 264 g/mol. The highest BCUT2D eigenvalue weighted by Crippen LogP contribution is 2.26. The fourth-order valence-corrected chi connectivity index (χ4v) is 3.11. The van der Waals surface area contributed by atoms with Crippen LogP contribution in [0.25, 0.3) is 0 Å². The molecule has 2 atom stereocenters. The smallest absolute Gasteiger partial charge is 0.319 e. The molecule has 0 spiro atoms. The monoisotopic (exact) mass is 281 g/mol. The second kappa shape index (κ2) is 5.36. The third-order valence-corrected chi connectivity index (χ3v) is 3.99. The van der Waals surface area contributed by atoms with Gasteiger partial charge in [-0.2, -0.15) is 0 Å². The van der Waals surface area contributed by atoms with Crippen molar-refractivity contribution in [2.24, 2.45) is 0 Å². The molecular formula is C14H17F2N3O. The Labute approximate surface area is 115 Å². The molecule has 0 saturated carbocycles. The SMILES string of the molecule is O=C(Nc1ccc(F)cc1F)NC1CC2CCC(C1)N2. The van der Waals surface area contributed by atoms with Crippen LogP contribution in [0.2, 0.25) is 0 Å². The first-order valence-corrected chi connectivity index (χ1v) is 6.89. The van der Waals surface area contributed by atoms with Crippen molar-refractivity contribution in [2.45, 2.75) is 43.8 Å². The Morgan fingerprint density at radius 2 is 1.90 bits per heavy atom. The van der Waals surface area contributed by atoms with E-state index in [0.29, 0.717) is 12.1 Å². The third-order valence-electron chi connectivity index (χ3n) is 3.99. The maximum atomic E-state index is 13.4. The summed E-state index contributed by atoms with van der Waals surface area (Å²) in [5.41, 5.74) is -0.0131. The van der Waals surface area contributed by atoms with Crippen molar-refractivity contribution in [1.29, 1.82) is 0 Å². The molecule has 2 aliphatic heterocycles. The van der Waals surface area contributed by atoms with E-state index in [-0.39, 0.29) is 11.7 Å². The lowest BCUT2D eigenvalue weighted by Gasteiger charge is -2.29. The number of amides is 2. The first-order chi connectivity index (χ1) is 9.60. The average molecular weight is 281 g/mol. The van der Waals surface area contributed by atoms with E-state index in [4.69, 9.17) is 0 Å². The zero-order valence-electron chi connectivity index (χ0n) is 11.0. The number of halogens is 2. The van der Waals surface area contributed by atoms with Gasteiger partial charge in [0.25, 0.3) is 0 Å². The first kappa shape index (κ1) is 13.3. The van der Waals surface area contributed by atoms with E-state index in [2.05, 4.69) is 16.0 Å². The Morgan fingerprint density at radius 1 is 1.20 bits per heavy atom. The minimum Gasteiger partial charge on any atom is -0.335 e. The Bertz CT molecular complexity index is 511. The van der Waals surface area contributed by atoms with Crippen molar-refractivity contribution in [3.63, 3.8) is 0 Å². The lowest BCUT2D eigenvalue weighted by atomic mass is 10.0. The summed E-state index contributed by atoms with van der Waals surface area (Å²) in [6.07, 6.45) is 4.10. The van der Waals surface area contributed by atoms with Gasteiger partial charge >= 0.3 is 6.03 Å². The van der Waals surface area contributed by atoms with Gasteiger partial charge in [0.1, 0.15) is 11.6 Å². The molecule has 2 amide bonds. The van der Waals surface area contributed by atoms with Crippen LogP contribution in [0.4, 0.5) is 19.3 Å². The van der Waals surface area contributed by atoms with Gasteiger partial charge in [-0.25, -0.2) is 13.6 Å². The number of hydrogen-bond acceptors (Lipinski definition) is 2. The molecule has 3 N–H and O–H groups in total. The molecule has 0 aromatic heterocycles. The zero-order chi connectivity index (χ0) is 14.1. The molecule has 2 bridgehead atoms. The van der Waals surface area contributed by atoms with Crippen molar-refractivity contribution in [3.8, 4) is 0 Å². The largest absolute Gasteiger partial charge is 0.335 e. The van der Waals surface area contributed by atoms with Crippen LogP contribution in [0.1, 0.15) is 25.7 Å². The van der Waals surface area contributed by atoms with E-state index in [9.17, 15) is 13.6 Å². The molecule has 0 aliphatic carbocycles. The van der Waals surface area contributed by atoms with E-state index in [1.54, 1.807) is 0 Å². The van der Waals surface area contributed by atoms with E-state index in [1.165, 1.54) is 6.07 Å².